The van der Waals surface area contributed by atoms with Gasteiger partial charge in [0, 0.05) is 75.9 Å². The number of nitrogens with one attached hydrogen (secondary N) is 1. The summed E-state index contributed by atoms with van der Waals surface area (Å²) < 4.78 is 33.5. The molecule has 1 unspecified atom stereocenters. The zero-order chi connectivity index (χ0) is 36.6. The lowest BCUT2D eigenvalue weighted by Gasteiger charge is -2.37. The molecule has 15 heteroatoms. The predicted octanol–water partition coefficient (Wildman–Crippen LogP) is 4.30. The lowest BCUT2D eigenvalue weighted by atomic mass is 9.98. The number of hydrogen-bond donors (Lipinski definition) is 2. The van der Waals surface area contributed by atoms with Crippen molar-refractivity contribution < 1.29 is 37.4 Å². The molecule has 14 nitrogen and oxygen atoms in total. The second kappa shape index (κ2) is 16.5. The smallest absolute Gasteiger partial charge is 0.410 e. The zero-order valence-corrected chi connectivity index (χ0v) is 30.2. The number of carbonyl (C=O) groups is 4. The van der Waals surface area contributed by atoms with E-state index in [9.17, 15) is 27.6 Å². The molecule has 2 aromatic rings. The van der Waals surface area contributed by atoms with Crippen molar-refractivity contribution in [2.24, 2.45) is 4.99 Å². The number of hydrogen-bond acceptors (Lipinski definition) is 9. The molecule has 0 spiro atoms. The van der Waals surface area contributed by atoms with Gasteiger partial charge >= 0.3 is 12.1 Å². The third-order valence-electron chi connectivity index (χ3n) is 8.52. The number of piperazine rings is 1. The van der Waals surface area contributed by atoms with Crippen molar-refractivity contribution in [3.8, 4) is 0 Å². The van der Waals surface area contributed by atoms with Crippen LogP contribution in [0.1, 0.15) is 64.9 Å². The molecule has 2 aliphatic heterocycles. The van der Waals surface area contributed by atoms with Gasteiger partial charge < -0.3 is 29.9 Å². The maximum atomic E-state index is 13.5. The van der Waals surface area contributed by atoms with Crippen LogP contribution in [0.4, 0.5) is 21.9 Å². The Morgan fingerprint density at radius 2 is 1.76 bits per heavy atom. The molecule has 1 saturated heterocycles. The van der Waals surface area contributed by atoms with Crippen LogP contribution in [-0.4, -0.2) is 116 Å². The number of likely N-dealkylation sites (N-methyl/N-ethyl adjacent to an activating group) is 2. The predicted molar refractivity (Wildman–Crippen MR) is 191 cm³/mol. The average molecular weight is 713 g/mol. The first-order valence-corrected chi connectivity index (χ1v) is 18.3. The van der Waals surface area contributed by atoms with Gasteiger partial charge in [-0.2, -0.15) is 4.31 Å². The van der Waals surface area contributed by atoms with E-state index in [4.69, 9.17) is 9.84 Å². The quantitative estimate of drug-likeness (QED) is 0.214. The van der Waals surface area contributed by atoms with Crippen LogP contribution in [0.5, 0.6) is 0 Å². The Bertz CT molecular complexity index is 1700. The molecule has 2 aromatic carbocycles. The van der Waals surface area contributed by atoms with Crippen molar-refractivity contribution in [3.63, 3.8) is 0 Å². The van der Waals surface area contributed by atoms with Crippen LogP contribution in [0.2, 0.25) is 0 Å². The molecule has 1 atom stereocenters. The van der Waals surface area contributed by atoms with Crippen molar-refractivity contribution in [3.05, 3.63) is 48.0 Å². The highest BCUT2D eigenvalue weighted by atomic mass is 32.2. The van der Waals surface area contributed by atoms with E-state index in [2.05, 4.69) is 15.2 Å². The van der Waals surface area contributed by atoms with E-state index in [1.807, 2.05) is 45.9 Å². The molecule has 50 heavy (non-hydrogen) atoms. The third-order valence-corrected chi connectivity index (χ3v) is 10.3. The highest BCUT2D eigenvalue weighted by Gasteiger charge is 2.35. The molecular weight excluding hydrogens is 664 g/mol. The fourth-order valence-corrected chi connectivity index (χ4v) is 7.02. The van der Waals surface area contributed by atoms with Gasteiger partial charge in [0.25, 0.3) is 0 Å². The van der Waals surface area contributed by atoms with Crippen molar-refractivity contribution >= 4 is 57.2 Å². The summed E-state index contributed by atoms with van der Waals surface area (Å²) in [6.07, 6.45) is 3.02. The van der Waals surface area contributed by atoms with Crippen LogP contribution >= 0.6 is 0 Å². The Balaban J connectivity index is 1.43. The molecule has 2 aliphatic rings. The molecule has 0 saturated carbocycles. The van der Waals surface area contributed by atoms with E-state index >= 15 is 0 Å². The van der Waals surface area contributed by atoms with Gasteiger partial charge in [0.2, 0.25) is 21.8 Å². The van der Waals surface area contributed by atoms with E-state index in [1.54, 1.807) is 21.9 Å². The van der Waals surface area contributed by atoms with Gasteiger partial charge in [0.05, 0.1) is 17.1 Å². The van der Waals surface area contributed by atoms with Gasteiger partial charge in [-0.15, -0.1) is 0 Å². The molecule has 4 rings (SSSR count). The van der Waals surface area contributed by atoms with E-state index in [0.29, 0.717) is 69.9 Å². The summed E-state index contributed by atoms with van der Waals surface area (Å²) in [5, 5.41) is 11.7. The van der Waals surface area contributed by atoms with Gasteiger partial charge in [-0.05, 0) is 70.9 Å². The Kier molecular flexibility index (Phi) is 12.6. The van der Waals surface area contributed by atoms with Crippen molar-refractivity contribution in [1.82, 2.24) is 14.1 Å². The average Bonchev–Trinajstić information content (AvgIpc) is 3.39. The number of carboxylic acid groups (broad SMARTS) is 1. The lowest BCUT2D eigenvalue weighted by Crippen LogP contribution is -2.50. The Hall–Kier alpha value is -4.50. The Morgan fingerprint density at radius 1 is 1.06 bits per heavy atom. The summed E-state index contributed by atoms with van der Waals surface area (Å²) in [6, 6.07) is 11.7. The SMILES string of the molecule is CCN(CCCCCC(=O)O)C(=O)CN(C)S(=O)(=O)c1cccc(N=CC2C(=O)Nc3cccc(N4CCN(C(=O)OC(C)(C)C)CC4)c32)c1. The summed E-state index contributed by atoms with van der Waals surface area (Å²) in [5.41, 5.74) is 2.02. The molecule has 2 N–H and O–H groups in total. The number of aliphatic carboxylic acids is 1. The number of unbranched alkanes of at least 4 members (excludes halogenated alkanes) is 2. The van der Waals surface area contributed by atoms with Crippen molar-refractivity contribution in [1.29, 1.82) is 0 Å². The zero-order valence-electron chi connectivity index (χ0n) is 29.4. The van der Waals surface area contributed by atoms with E-state index < -0.39 is 27.5 Å². The monoisotopic (exact) mass is 712 g/mol. The van der Waals surface area contributed by atoms with Crippen molar-refractivity contribution in [2.75, 3.05) is 63.1 Å². The number of rotatable bonds is 14. The van der Waals surface area contributed by atoms with Gasteiger partial charge in [-0.25, -0.2) is 13.2 Å². The first-order chi connectivity index (χ1) is 23.6. The molecule has 0 radical (unpaired) electrons. The summed E-state index contributed by atoms with van der Waals surface area (Å²) >= 11 is 0. The highest BCUT2D eigenvalue weighted by Crippen LogP contribution is 2.40. The van der Waals surface area contributed by atoms with Crippen LogP contribution in [0.3, 0.4) is 0 Å². The number of carbonyl (C=O) groups excluding carboxylic acids is 3. The minimum absolute atomic E-state index is 0.0426. The topological polar surface area (TPSA) is 169 Å². The standard InChI is InChI=1S/C35H48N6O8S/c1-6-39(17-9-7-8-16-31(43)44)30(42)24-38(5)50(47,48)26-13-10-12-25(22-26)36-23-27-32-28(37-33(27)45)14-11-15-29(32)40-18-20-41(21-19-40)34(46)49-35(2,3)4/h10-15,22-23,27H,6-9,16-21,24H2,1-5H3,(H,37,45)(H,43,44). The van der Waals surface area contributed by atoms with Gasteiger partial charge in [-0.1, -0.05) is 18.6 Å². The van der Waals surface area contributed by atoms with Crippen LogP contribution in [-0.2, 0) is 29.1 Å². The van der Waals surface area contributed by atoms with Crippen molar-refractivity contribution in [2.45, 2.75) is 69.8 Å². The maximum absolute atomic E-state index is 13.5. The molecule has 2 heterocycles. The van der Waals surface area contributed by atoms with Gasteiger partial charge in [-0.3, -0.25) is 19.4 Å². The third kappa shape index (κ3) is 9.81. The lowest BCUT2D eigenvalue weighted by molar-refractivity contribution is -0.137. The second-order valence-corrected chi connectivity index (χ2v) is 15.4. The van der Waals surface area contributed by atoms with Crippen LogP contribution in [0.15, 0.2) is 52.4 Å². The summed E-state index contributed by atoms with van der Waals surface area (Å²) in [6.45, 7) is 9.78. The summed E-state index contributed by atoms with van der Waals surface area (Å²) in [7, 11) is -2.71. The fraction of sp³-hybridized carbons (Fsp3) is 0.514. The molecule has 0 aromatic heterocycles. The van der Waals surface area contributed by atoms with Crippen LogP contribution < -0.4 is 10.2 Å². The number of aliphatic imine (C=N–C) groups is 1. The van der Waals surface area contributed by atoms with E-state index in [0.717, 1.165) is 15.6 Å². The fourth-order valence-electron chi connectivity index (χ4n) is 5.86. The molecule has 1 fully saturated rings. The van der Waals surface area contributed by atoms with Gasteiger partial charge in [0.15, 0.2) is 0 Å². The second-order valence-electron chi connectivity index (χ2n) is 13.4. The molecule has 272 valence electrons. The first-order valence-electron chi connectivity index (χ1n) is 16.9. The molecule has 3 amide bonds. The number of benzene rings is 2. The normalized spacial score (nSPS) is 16.4. The summed E-state index contributed by atoms with van der Waals surface area (Å²) in [4.78, 5) is 59.2. The van der Waals surface area contributed by atoms with Crippen LogP contribution in [0.25, 0.3) is 0 Å². The first kappa shape index (κ1) is 38.3. The van der Waals surface area contributed by atoms with E-state index in [-0.39, 0.29) is 35.8 Å². The molecule has 0 bridgehead atoms. The van der Waals surface area contributed by atoms with Gasteiger partial charge in [0.1, 0.15) is 11.5 Å². The minimum atomic E-state index is -4.05. The maximum Gasteiger partial charge on any atom is 0.410 e. The highest BCUT2D eigenvalue weighted by molar-refractivity contribution is 7.89. The van der Waals surface area contributed by atoms with Crippen LogP contribution in [0, 0.1) is 0 Å². The molecular formula is C35H48N6O8S. The Morgan fingerprint density at radius 3 is 2.42 bits per heavy atom. The number of amides is 3. The largest absolute Gasteiger partial charge is 0.481 e. The summed E-state index contributed by atoms with van der Waals surface area (Å²) in [5.74, 6) is -2.19. The number of carboxylic acids is 1. The Labute approximate surface area is 294 Å². The number of anilines is 2. The molecule has 0 aliphatic carbocycles. The number of sulfonamides is 1. The number of ether oxygens (including phenoxy) is 1. The number of fused-ring (bicyclic) bond motifs is 1. The minimum Gasteiger partial charge on any atom is -0.481 e. The van der Waals surface area contributed by atoms with E-state index in [1.165, 1.54) is 25.4 Å². The number of nitrogens with zero attached hydrogens (tertiary/aromatic N) is 5.